The first kappa shape index (κ1) is 15.6. The molecule has 0 spiro atoms. The Morgan fingerprint density at radius 2 is 2.00 bits per heavy atom. The minimum absolute atomic E-state index is 0.127. The Kier molecular flexibility index (Phi) is 4.63. The van der Waals surface area contributed by atoms with Crippen molar-refractivity contribution in [2.24, 2.45) is 0 Å². The standard InChI is InChI=1S/C19H21NO3/c1-2-23-18-9-8-17(11-16(18)12-21)20-19(22)15-7-6-13-4-3-5-14(13)10-15/h6-11,21H,2-5,12H2,1H3,(H,20,22). The number of aliphatic hydroxyl groups excluding tert-OH is 1. The Labute approximate surface area is 136 Å². The molecule has 0 saturated heterocycles. The van der Waals surface area contributed by atoms with E-state index in [1.165, 1.54) is 17.5 Å². The maximum Gasteiger partial charge on any atom is 0.255 e. The van der Waals surface area contributed by atoms with Gasteiger partial charge in [-0.2, -0.15) is 0 Å². The van der Waals surface area contributed by atoms with Gasteiger partial charge in [-0.1, -0.05) is 6.07 Å². The van der Waals surface area contributed by atoms with E-state index in [0.29, 0.717) is 29.2 Å². The van der Waals surface area contributed by atoms with Crippen LogP contribution in [-0.2, 0) is 19.4 Å². The first-order valence-corrected chi connectivity index (χ1v) is 8.01. The van der Waals surface area contributed by atoms with E-state index in [1.54, 1.807) is 18.2 Å². The summed E-state index contributed by atoms with van der Waals surface area (Å²) in [5.74, 6) is 0.512. The van der Waals surface area contributed by atoms with Gasteiger partial charge >= 0.3 is 0 Å². The summed E-state index contributed by atoms with van der Waals surface area (Å²) < 4.78 is 5.45. The highest BCUT2D eigenvalue weighted by Gasteiger charge is 2.14. The monoisotopic (exact) mass is 311 g/mol. The van der Waals surface area contributed by atoms with Gasteiger partial charge in [0.15, 0.2) is 0 Å². The van der Waals surface area contributed by atoms with Crippen molar-refractivity contribution in [2.45, 2.75) is 32.8 Å². The summed E-state index contributed by atoms with van der Waals surface area (Å²) in [5, 5.41) is 12.3. The lowest BCUT2D eigenvalue weighted by Gasteiger charge is -2.12. The van der Waals surface area contributed by atoms with E-state index in [1.807, 2.05) is 19.1 Å². The second-order valence-electron chi connectivity index (χ2n) is 5.70. The second-order valence-corrected chi connectivity index (χ2v) is 5.70. The number of carbonyl (C=O) groups excluding carboxylic acids is 1. The number of benzene rings is 2. The number of hydrogen-bond acceptors (Lipinski definition) is 3. The van der Waals surface area contributed by atoms with Gasteiger partial charge in [-0.15, -0.1) is 0 Å². The van der Waals surface area contributed by atoms with Crippen molar-refractivity contribution in [3.8, 4) is 5.75 Å². The molecule has 0 unspecified atom stereocenters. The van der Waals surface area contributed by atoms with E-state index in [9.17, 15) is 9.90 Å². The molecule has 1 aliphatic rings. The number of rotatable bonds is 5. The molecule has 3 rings (SSSR count). The largest absolute Gasteiger partial charge is 0.494 e. The number of ether oxygens (including phenoxy) is 1. The van der Waals surface area contributed by atoms with Gasteiger partial charge in [0.1, 0.15) is 5.75 Å². The lowest BCUT2D eigenvalue weighted by Crippen LogP contribution is -2.12. The van der Waals surface area contributed by atoms with E-state index in [0.717, 1.165) is 12.8 Å². The van der Waals surface area contributed by atoms with Gasteiger partial charge in [0.05, 0.1) is 13.2 Å². The zero-order valence-electron chi connectivity index (χ0n) is 13.3. The molecule has 0 bridgehead atoms. The Bertz CT molecular complexity index is 725. The van der Waals surface area contributed by atoms with Gasteiger partial charge in [-0.3, -0.25) is 4.79 Å². The molecule has 0 aliphatic heterocycles. The minimum atomic E-state index is -0.132. The molecule has 4 nitrogen and oxygen atoms in total. The fourth-order valence-corrected chi connectivity index (χ4v) is 2.99. The molecule has 0 saturated carbocycles. The quantitative estimate of drug-likeness (QED) is 0.890. The first-order chi connectivity index (χ1) is 11.2. The molecule has 2 aromatic rings. The number of fused-ring (bicyclic) bond motifs is 1. The predicted molar refractivity (Wildman–Crippen MR) is 90.0 cm³/mol. The Balaban J connectivity index is 1.77. The van der Waals surface area contributed by atoms with Crippen LogP contribution >= 0.6 is 0 Å². The van der Waals surface area contributed by atoms with E-state index >= 15 is 0 Å². The van der Waals surface area contributed by atoms with Crippen LogP contribution in [0.3, 0.4) is 0 Å². The molecule has 2 aromatic carbocycles. The lowest BCUT2D eigenvalue weighted by atomic mass is 10.1. The van der Waals surface area contributed by atoms with Gasteiger partial charge < -0.3 is 15.2 Å². The third-order valence-corrected chi connectivity index (χ3v) is 4.15. The molecule has 120 valence electrons. The number of carbonyl (C=O) groups is 1. The van der Waals surface area contributed by atoms with Crippen molar-refractivity contribution >= 4 is 11.6 Å². The van der Waals surface area contributed by atoms with Crippen LogP contribution in [0.15, 0.2) is 36.4 Å². The number of aryl methyl sites for hydroxylation is 2. The number of nitrogens with one attached hydrogen (secondary N) is 1. The van der Waals surface area contributed by atoms with Crippen molar-refractivity contribution in [1.82, 2.24) is 0 Å². The third kappa shape index (κ3) is 3.37. The smallest absolute Gasteiger partial charge is 0.255 e. The summed E-state index contributed by atoms with van der Waals surface area (Å²) in [6.07, 6.45) is 3.32. The first-order valence-electron chi connectivity index (χ1n) is 8.01. The Hall–Kier alpha value is -2.33. The van der Waals surface area contributed by atoms with Crippen LogP contribution < -0.4 is 10.1 Å². The normalized spacial score (nSPS) is 12.8. The van der Waals surface area contributed by atoms with Crippen molar-refractivity contribution in [1.29, 1.82) is 0 Å². The molecule has 0 radical (unpaired) electrons. The van der Waals surface area contributed by atoms with E-state index in [2.05, 4.69) is 11.4 Å². The summed E-state index contributed by atoms with van der Waals surface area (Å²) in [6, 6.07) is 11.2. The van der Waals surface area contributed by atoms with Crippen LogP contribution in [0.1, 0.15) is 40.4 Å². The Morgan fingerprint density at radius 3 is 2.78 bits per heavy atom. The van der Waals surface area contributed by atoms with Gasteiger partial charge in [0, 0.05) is 16.8 Å². The van der Waals surface area contributed by atoms with E-state index in [4.69, 9.17) is 4.74 Å². The SMILES string of the molecule is CCOc1ccc(NC(=O)c2ccc3c(c2)CCC3)cc1CO. The van der Waals surface area contributed by atoms with Crippen LogP contribution in [0.2, 0.25) is 0 Å². The molecule has 23 heavy (non-hydrogen) atoms. The summed E-state index contributed by atoms with van der Waals surface area (Å²) in [4.78, 5) is 12.4. The van der Waals surface area contributed by atoms with Crippen LogP contribution in [0, 0.1) is 0 Å². The zero-order valence-corrected chi connectivity index (χ0v) is 13.3. The fraction of sp³-hybridized carbons (Fsp3) is 0.316. The highest BCUT2D eigenvalue weighted by atomic mass is 16.5. The summed E-state index contributed by atoms with van der Waals surface area (Å²) in [5.41, 5.74) is 4.62. The minimum Gasteiger partial charge on any atom is -0.494 e. The molecule has 0 fully saturated rings. The number of hydrogen-bond donors (Lipinski definition) is 2. The van der Waals surface area contributed by atoms with Crippen molar-refractivity contribution in [3.05, 3.63) is 58.7 Å². The fourth-order valence-electron chi connectivity index (χ4n) is 2.99. The average Bonchev–Trinajstić information content (AvgIpc) is 3.04. The zero-order chi connectivity index (χ0) is 16.2. The summed E-state index contributed by atoms with van der Waals surface area (Å²) in [6.45, 7) is 2.30. The maximum atomic E-state index is 12.4. The summed E-state index contributed by atoms with van der Waals surface area (Å²) in [7, 11) is 0. The molecule has 1 aliphatic carbocycles. The number of aliphatic hydroxyl groups is 1. The van der Waals surface area contributed by atoms with Crippen LogP contribution in [0.25, 0.3) is 0 Å². The average molecular weight is 311 g/mol. The molecule has 2 N–H and O–H groups in total. The molecule has 0 atom stereocenters. The molecule has 0 heterocycles. The molecule has 0 aromatic heterocycles. The van der Waals surface area contributed by atoms with Crippen LogP contribution in [-0.4, -0.2) is 17.6 Å². The Morgan fingerprint density at radius 1 is 1.17 bits per heavy atom. The van der Waals surface area contributed by atoms with Gasteiger partial charge in [-0.25, -0.2) is 0 Å². The van der Waals surface area contributed by atoms with Crippen molar-refractivity contribution in [3.63, 3.8) is 0 Å². The van der Waals surface area contributed by atoms with Crippen LogP contribution in [0.5, 0.6) is 5.75 Å². The number of anilines is 1. The highest BCUT2D eigenvalue weighted by molar-refractivity contribution is 6.04. The third-order valence-electron chi connectivity index (χ3n) is 4.15. The maximum absolute atomic E-state index is 12.4. The van der Waals surface area contributed by atoms with Gasteiger partial charge in [0.25, 0.3) is 5.91 Å². The summed E-state index contributed by atoms with van der Waals surface area (Å²) >= 11 is 0. The highest BCUT2D eigenvalue weighted by Crippen LogP contribution is 2.25. The van der Waals surface area contributed by atoms with E-state index in [-0.39, 0.29) is 12.5 Å². The molecular weight excluding hydrogens is 290 g/mol. The van der Waals surface area contributed by atoms with Crippen molar-refractivity contribution < 1.29 is 14.6 Å². The van der Waals surface area contributed by atoms with Crippen LogP contribution in [0.4, 0.5) is 5.69 Å². The molecule has 1 amide bonds. The predicted octanol–water partition coefficient (Wildman–Crippen LogP) is 3.32. The van der Waals surface area contributed by atoms with E-state index < -0.39 is 0 Å². The van der Waals surface area contributed by atoms with Crippen molar-refractivity contribution in [2.75, 3.05) is 11.9 Å². The second kappa shape index (κ2) is 6.84. The topological polar surface area (TPSA) is 58.6 Å². The van der Waals surface area contributed by atoms with Gasteiger partial charge in [0.2, 0.25) is 0 Å². The lowest BCUT2D eigenvalue weighted by molar-refractivity contribution is 0.102. The molecular formula is C19H21NO3. The van der Waals surface area contributed by atoms with Gasteiger partial charge in [-0.05, 0) is 67.6 Å². The number of amides is 1. The molecule has 4 heteroatoms.